The van der Waals surface area contributed by atoms with Crippen LogP contribution in [0.4, 0.5) is 17.7 Å². The van der Waals surface area contributed by atoms with Crippen LogP contribution in [0.1, 0.15) is 25.3 Å². The Hall–Kier alpha value is -2.52. The summed E-state index contributed by atoms with van der Waals surface area (Å²) in [6.45, 7) is 5.69. The first-order chi connectivity index (χ1) is 13.5. The van der Waals surface area contributed by atoms with E-state index in [2.05, 4.69) is 19.8 Å². The zero-order valence-electron chi connectivity index (χ0n) is 16.0. The van der Waals surface area contributed by atoms with Crippen LogP contribution in [0.15, 0.2) is 12.4 Å². The topological polar surface area (TPSA) is 114 Å². The fourth-order valence-electron chi connectivity index (χ4n) is 4.40. The zero-order valence-corrected chi connectivity index (χ0v) is 16.0. The number of fused-ring (bicyclic) bond motifs is 1. The Morgan fingerprint density at radius 2 is 1.86 bits per heavy atom. The largest absolute Gasteiger partial charge is 0.390 e. The highest BCUT2D eigenvalue weighted by atomic mass is 16.5. The number of hydrogen-bond donors (Lipinski definition) is 2. The minimum absolute atomic E-state index is 0.251. The van der Waals surface area contributed by atoms with Gasteiger partial charge in [-0.05, 0) is 26.2 Å². The van der Waals surface area contributed by atoms with E-state index in [4.69, 9.17) is 20.4 Å². The van der Waals surface area contributed by atoms with E-state index in [9.17, 15) is 5.11 Å². The Balaban J connectivity index is 1.57. The van der Waals surface area contributed by atoms with E-state index >= 15 is 0 Å². The first kappa shape index (κ1) is 17.6. The van der Waals surface area contributed by atoms with Gasteiger partial charge >= 0.3 is 0 Å². The molecule has 0 radical (unpaired) electrons. The summed E-state index contributed by atoms with van der Waals surface area (Å²) in [5, 5.41) is 10.2. The van der Waals surface area contributed by atoms with E-state index in [1.165, 1.54) is 0 Å². The predicted molar refractivity (Wildman–Crippen MR) is 105 cm³/mol. The summed E-state index contributed by atoms with van der Waals surface area (Å²) in [7, 11) is 0. The maximum Gasteiger partial charge on any atom is 0.228 e. The van der Waals surface area contributed by atoms with Gasteiger partial charge in [-0.15, -0.1) is 0 Å². The second-order valence-electron chi connectivity index (χ2n) is 8.11. The number of aliphatic hydroxyl groups is 1. The lowest BCUT2D eigenvalue weighted by Gasteiger charge is -2.46. The summed E-state index contributed by atoms with van der Waals surface area (Å²) in [5.74, 6) is 1.94. The number of rotatable bonds is 3. The summed E-state index contributed by atoms with van der Waals surface area (Å²) in [5.41, 5.74) is 7.95. The Kier molecular flexibility index (Phi) is 4.09. The molecule has 9 nitrogen and oxygen atoms in total. The fourth-order valence-corrected chi connectivity index (χ4v) is 4.40. The Labute approximate surface area is 163 Å². The third kappa shape index (κ3) is 3.04. The Morgan fingerprint density at radius 1 is 1.14 bits per heavy atom. The summed E-state index contributed by atoms with van der Waals surface area (Å²) in [6, 6.07) is 0.319. The molecule has 0 aromatic carbocycles. The van der Waals surface area contributed by atoms with Crippen LogP contribution in [0.3, 0.4) is 0 Å². The molecule has 9 heteroatoms. The first-order valence-electron chi connectivity index (χ1n) is 9.81. The van der Waals surface area contributed by atoms with E-state index in [-0.39, 0.29) is 5.95 Å². The van der Waals surface area contributed by atoms with Gasteiger partial charge < -0.3 is 25.4 Å². The molecule has 0 spiro atoms. The van der Waals surface area contributed by atoms with Crippen molar-refractivity contribution in [1.29, 1.82) is 0 Å². The molecule has 0 bridgehead atoms. The third-order valence-corrected chi connectivity index (χ3v) is 5.88. The highest BCUT2D eigenvalue weighted by molar-refractivity contribution is 5.72. The predicted octanol–water partition coefficient (Wildman–Crippen LogP) is 0.628. The lowest BCUT2D eigenvalue weighted by Crippen LogP contribution is -2.53. The standard InChI is InChI=1S/C19H25N7O2/c1-19(27)8-13(9-19)26-3-2-14-15(12-10-21-17(20)22-11-12)23-18(24-16(14)26)25-4-6-28-7-5-25/h10-11,13,27H,2-9H2,1H3,(H2,20,21,22)/t13-,19-. The molecule has 1 saturated heterocycles. The monoisotopic (exact) mass is 383 g/mol. The second-order valence-corrected chi connectivity index (χ2v) is 8.11. The average Bonchev–Trinajstić information content (AvgIpc) is 3.10. The third-order valence-electron chi connectivity index (χ3n) is 5.88. The molecule has 3 aliphatic rings. The average molecular weight is 383 g/mol. The molecule has 2 aromatic heterocycles. The summed E-state index contributed by atoms with van der Waals surface area (Å²) in [6.07, 6.45) is 5.86. The summed E-state index contributed by atoms with van der Waals surface area (Å²) >= 11 is 0. The SMILES string of the molecule is C[C@]1(O)C[C@H](N2CCc3c(-c4cnc(N)nc4)nc(N4CCOCC4)nc32)C1. The van der Waals surface area contributed by atoms with Gasteiger partial charge in [0.25, 0.3) is 0 Å². The van der Waals surface area contributed by atoms with E-state index in [1.54, 1.807) is 12.4 Å². The number of morpholine rings is 1. The number of nitrogen functional groups attached to an aromatic ring is 1. The van der Waals surface area contributed by atoms with E-state index in [1.807, 2.05) is 6.92 Å². The van der Waals surface area contributed by atoms with Crippen molar-refractivity contribution in [3.05, 3.63) is 18.0 Å². The van der Waals surface area contributed by atoms with Crippen molar-refractivity contribution < 1.29 is 9.84 Å². The highest BCUT2D eigenvalue weighted by Crippen LogP contribution is 2.43. The van der Waals surface area contributed by atoms with Gasteiger partial charge in [0.2, 0.25) is 11.9 Å². The molecule has 2 aliphatic heterocycles. The summed E-state index contributed by atoms with van der Waals surface area (Å²) < 4.78 is 5.48. The Morgan fingerprint density at radius 3 is 2.54 bits per heavy atom. The van der Waals surface area contributed by atoms with Crippen molar-refractivity contribution in [2.75, 3.05) is 48.4 Å². The normalized spacial score (nSPS) is 26.9. The maximum absolute atomic E-state index is 10.2. The van der Waals surface area contributed by atoms with Gasteiger partial charge in [0, 0.05) is 49.2 Å². The lowest BCUT2D eigenvalue weighted by atomic mass is 9.76. The number of hydrogen-bond acceptors (Lipinski definition) is 9. The van der Waals surface area contributed by atoms with Crippen LogP contribution in [0.5, 0.6) is 0 Å². The molecule has 0 unspecified atom stereocenters. The molecular formula is C19H25N7O2. The van der Waals surface area contributed by atoms with Gasteiger partial charge in [0.1, 0.15) is 5.82 Å². The van der Waals surface area contributed by atoms with Gasteiger partial charge in [-0.1, -0.05) is 0 Å². The number of anilines is 3. The van der Waals surface area contributed by atoms with Crippen molar-refractivity contribution in [1.82, 2.24) is 19.9 Å². The van der Waals surface area contributed by atoms with Crippen LogP contribution in [0.25, 0.3) is 11.3 Å². The molecule has 4 heterocycles. The van der Waals surface area contributed by atoms with Crippen molar-refractivity contribution >= 4 is 17.7 Å². The zero-order chi connectivity index (χ0) is 19.3. The molecule has 0 atom stereocenters. The van der Waals surface area contributed by atoms with Gasteiger partial charge in [0.05, 0.1) is 24.5 Å². The number of nitrogens with zero attached hydrogens (tertiary/aromatic N) is 6. The molecule has 5 rings (SSSR count). The number of aromatic nitrogens is 4. The van der Waals surface area contributed by atoms with Crippen molar-refractivity contribution in [2.24, 2.45) is 0 Å². The Bertz CT molecular complexity index is 873. The van der Waals surface area contributed by atoms with Crippen LogP contribution < -0.4 is 15.5 Å². The van der Waals surface area contributed by atoms with Crippen LogP contribution in [0.2, 0.25) is 0 Å². The lowest BCUT2D eigenvalue weighted by molar-refractivity contribution is -0.0306. The molecule has 148 valence electrons. The van der Waals surface area contributed by atoms with Crippen molar-refractivity contribution in [3.63, 3.8) is 0 Å². The maximum atomic E-state index is 10.2. The van der Waals surface area contributed by atoms with E-state index in [0.717, 1.165) is 61.5 Å². The smallest absolute Gasteiger partial charge is 0.228 e. The van der Waals surface area contributed by atoms with Crippen LogP contribution in [-0.4, -0.2) is 69.5 Å². The fraction of sp³-hybridized carbons (Fsp3) is 0.579. The van der Waals surface area contributed by atoms with Crippen LogP contribution in [-0.2, 0) is 11.2 Å². The van der Waals surface area contributed by atoms with E-state index in [0.29, 0.717) is 25.2 Å². The molecule has 0 amide bonds. The molecule has 3 N–H and O–H groups in total. The second kappa shape index (κ2) is 6.52. The molecule has 1 aliphatic carbocycles. The van der Waals surface area contributed by atoms with Gasteiger partial charge in [-0.2, -0.15) is 4.98 Å². The van der Waals surface area contributed by atoms with Gasteiger partial charge in [-0.25, -0.2) is 15.0 Å². The molecular weight excluding hydrogens is 358 g/mol. The minimum Gasteiger partial charge on any atom is -0.390 e. The van der Waals surface area contributed by atoms with Crippen LogP contribution in [0, 0.1) is 0 Å². The summed E-state index contributed by atoms with van der Waals surface area (Å²) in [4.78, 5) is 22.6. The number of nitrogens with two attached hydrogens (primary N) is 1. The highest BCUT2D eigenvalue weighted by Gasteiger charge is 2.44. The van der Waals surface area contributed by atoms with Gasteiger partial charge in [-0.3, -0.25) is 0 Å². The first-order valence-corrected chi connectivity index (χ1v) is 9.81. The van der Waals surface area contributed by atoms with Gasteiger partial charge in [0.15, 0.2) is 0 Å². The molecule has 2 aromatic rings. The molecule has 2 fully saturated rings. The molecule has 1 saturated carbocycles. The van der Waals surface area contributed by atoms with Crippen molar-refractivity contribution in [2.45, 2.75) is 37.8 Å². The van der Waals surface area contributed by atoms with Crippen LogP contribution >= 0.6 is 0 Å². The quantitative estimate of drug-likeness (QED) is 0.787. The molecule has 28 heavy (non-hydrogen) atoms. The van der Waals surface area contributed by atoms with E-state index < -0.39 is 5.60 Å². The number of ether oxygens (including phenoxy) is 1. The van der Waals surface area contributed by atoms with Crippen molar-refractivity contribution in [3.8, 4) is 11.3 Å². The minimum atomic E-state index is -0.568.